The van der Waals surface area contributed by atoms with E-state index in [-0.39, 0.29) is 6.03 Å². The molecule has 1 aromatic heterocycles. The van der Waals surface area contributed by atoms with Gasteiger partial charge in [0.05, 0.1) is 11.9 Å². The molecule has 2 N–H and O–H groups in total. The van der Waals surface area contributed by atoms with E-state index >= 15 is 0 Å². The zero-order chi connectivity index (χ0) is 12.1. The van der Waals surface area contributed by atoms with Crippen molar-refractivity contribution in [2.45, 2.75) is 0 Å². The van der Waals surface area contributed by atoms with Crippen molar-refractivity contribution < 1.29 is 4.79 Å². The van der Waals surface area contributed by atoms with Crippen molar-refractivity contribution >= 4 is 40.0 Å². The van der Waals surface area contributed by atoms with Gasteiger partial charge in [0.15, 0.2) is 0 Å². The Hall–Kier alpha value is -1.63. The van der Waals surface area contributed by atoms with Crippen LogP contribution in [0, 0.1) is 3.57 Å². The molecule has 1 aromatic carbocycles. The molecule has 2 rings (SSSR count). The van der Waals surface area contributed by atoms with Crippen molar-refractivity contribution in [3.63, 3.8) is 0 Å². The molecule has 2 aromatic rings. The first-order chi connectivity index (χ1) is 8.24. The SMILES string of the molecule is O=C(Nc1ccc(I)cc1)Nc1cccnc1. The summed E-state index contributed by atoms with van der Waals surface area (Å²) in [6.07, 6.45) is 3.25. The van der Waals surface area contributed by atoms with Crippen LogP contribution in [-0.4, -0.2) is 11.0 Å². The number of hydrogen-bond acceptors (Lipinski definition) is 2. The topological polar surface area (TPSA) is 54.0 Å². The number of halogens is 1. The third-order valence-electron chi connectivity index (χ3n) is 2.02. The first-order valence-electron chi connectivity index (χ1n) is 4.97. The van der Waals surface area contributed by atoms with Crippen LogP contribution in [0.2, 0.25) is 0 Å². The maximum atomic E-state index is 11.6. The number of rotatable bonds is 2. The molecule has 0 aliphatic heterocycles. The maximum absolute atomic E-state index is 11.6. The normalized spacial score (nSPS) is 9.71. The Labute approximate surface area is 113 Å². The molecule has 86 valence electrons. The summed E-state index contributed by atoms with van der Waals surface area (Å²) < 4.78 is 1.13. The van der Waals surface area contributed by atoms with E-state index in [1.807, 2.05) is 24.3 Å². The van der Waals surface area contributed by atoms with Gasteiger partial charge in [-0.2, -0.15) is 0 Å². The molecular formula is C12H10IN3O. The van der Waals surface area contributed by atoms with E-state index in [1.54, 1.807) is 24.5 Å². The summed E-state index contributed by atoms with van der Waals surface area (Å²) in [7, 11) is 0. The molecule has 0 saturated carbocycles. The molecule has 4 nitrogen and oxygen atoms in total. The van der Waals surface area contributed by atoms with Crippen molar-refractivity contribution in [1.82, 2.24) is 4.98 Å². The second-order valence-corrected chi connectivity index (χ2v) is 4.57. The summed E-state index contributed by atoms with van der Waals surface area (Å²) in [5.41, 5.74) is 1.42. The van der Waals surface area contributed by atoms with E-state index < -0.39 is 0 Å². The second-order valence-electron chi connectivity index (χ2n) is 3.33. The number of urea groups is 1. The van der Waals surface area contributed by atoms with Crippen LogP contribution in [0.1, 0.15) is 0 Å². The maximum Gasteiger partial charge on any atom is 0.323 e. The Kier molecular flexibility index (Phi) is 3.92. The van der Waals surface area contributed by atoms with Crippen LogP contribution >= 0.6 is 22.6 Å². The van der Waals surface area contributed by atoms with Crippen LogP contribution in [0.15, 0.2) is 48.8 Å². The monoisotopic (exact) mass is 339 g/mol. The summed E-state index contributed by atoms with van der Waals surface area (Å²) in [5.74, 6) is 0. The van der Waals surface area contributed by atoms with Crippen molar-refractivity contribution in [1.29, 1.82) is 0 Å². The number of nitrogens with zero attached hydrogens (tertiary/aromatic N) is 1. The lowest BCUT2D eigenvalue weighted by Crippen LogP contribution is -2.19. The van der Waals surface area contributed by atoms with Gasteiger partial charge in [-0.25, -0.2) is 4.79 Å². The van der Waals surface area contributed by atoms with Crippen LogP contribution in [-0.2, 0) is 0 Å². The molecule has 2 amide bonds. The molecule has 17 heavy (non-hydrogen) atoms. The first kappa shape index (κ1) is 11.8. The fraction of sp³-hybridized carbons (Fsp3) is 0. The van der Waals surface area contributed by atoms with Gasteiger partial charge in [-0.15, -0.1) is 0 Å². The summed E-state index contributed by atoms with van der Waals surface area (Å²) in [4.78, 5) is 15.5. The summed E-state index contributed by atoms with van der Waals surface area (Å²) >= 11 is 2.21. The fourth-order valence-electron chi connectivity index (χ4n) is 1.26. The molecule has 0 aliphatic rings. The molecule has 0 saturated heterocycles. The van der Waals surface area contributed by atoms with Crippen molar-refractivity contribution in [3.8, 4) is 0 Å². The molecule has 5 heteroatoms. The van der Waals surface area contributed by atoms with E-state index in [9.17, 15) is 4.79 Å². The van der Waals surface area contributed by atoms with Crippen molar-refractivity contribution in [2.24, 2.45) is 0 Å². The molecule has 0 fully saturated rings. The largest absolute Gasteiger partial charge is 0.323 e. The van der Waals surface area contributed by atoms with Crippen LogP contribution < -0.4 is 10.6 Å². The Bertz CT molecular complexity index is 499. The number of nitrogens with one attached hydrogen (secondary N) is 2. The van der Waals surface area contributed by atoms with Gasteiger partial charge < -0.3 is 10.6 Å². The quantitative estimate of drug-likeness (QED) is 0.825. The van der Waals surface area contributed by atoms with E-state index in [0.29, 0.717) is 5.69 Å². The minimum atomic E-state index is -0.279. The number of hydrogen-bond donors (Lipinski definition) is 2. The number of amides is 2. The Morgan fingerprint density at radius 2 is 1.76 bits per heavy atom. The van der Waals surface area contributed by atoms with Gasteiger partial charge in [0.2, 0.25) is 0 Å². The zero-order valence-corrected chi connectivity index (χ0v) is 11.0. The number of anilines is 2. The third-order valence-corrected chi connectivity index (χ3v) is 2.74. The molecule has 1 heterocycles. The average molecular weight is 339 g/mol. The lowest BCUT2D eigenvalue weighted by Gasteiger charge is -2.06. The molecule has 0 radical (unpaired) electrons. The highest BCUT2D eigenvalue weighted by molar-refractivity contribution is 14.1. The smallest absolute Gasteiger partial charge is 0.308 e. The Morgan fingerprint density at radius 3 is 2.41 bits per heavy atom. The molecule has 0 bridgehead atoms. The molecule has 0 atom stereocenters. The lowest BCUT2D eigenvalue weighted by atomic mass is 10.3. The zero-order valence-electron chi connectivity index (χ0n) is 8.85. The van der Waals surface area contributed by atoms with Gasteiger partial charge in [-0.1, -0.05) is 0 Å². The molecule has 0 aliphatic carbocycles. The third kappa shape index (κ3) is 3.70. The van der Waals surface area contributed by atoms with Crippen LogP contribution in [0.25, 0.3) is 0 Å². The lowest BCUT2D eigenvalue weighted by molar-refractivity contribution is 0.262. The minimum absolute atomic E-state index is 0.279. The van der Waals surface area contributed by atoms with Crippen LogP contribution in [0.5, 0.6) is 0 Å². The first-order valence-corrected chi connectivity index (χ1v) is 6.05. The number of carbonyl (C=O) groups excluding carboxylic acids is 1. The summed E-state index contributed by atoms with van der Waals surface area (Å²) in [6.45, 7) is 0. The Morgan fingerprint density at radius 1 is 1.06 bits per heavy atom. The molecule has 0 spiro atoms. The van der Waals surface area contributed by atoms with Gasteiger partial charge >= 0.3 is 6.03 Å². The van der Waals surface area contributed by atoms with Gasteiger partial charge in [-0.05, 0) is 59.0 Å². The molecule has 0 unspecified atom stereocenters. The number of carbonyl (C=O) groups is 1. The Balaban J connectivity index is 1.96. The minimum Gasteiger partial charge on any atom is -0.308 e. The van der Waals surface area contributed by atoms with Crippen LogP contribution in [0.4, 0.5) is 16.2 Å². The highest BCUT2D eigenvalue weighted by Crippen LogP contribution is 2.11. The summed E-state index contributed by atoms with van der Waals surface area (Å²) in [5, 5.41) is 5.43. The van der Waals surface area contributed by atoms with Crippen molar-refractivity contribution in [2.75, 3.05) is 10.6 Å². The second kappa shape index (κ2) is 5.62. The van der Waals surface area contributed by atoms with Crippen LogP contribution in [0.3, 0.4) is 0 Å². The van der Waals surface area contributed by atoms with Gasteiger partial charge in [0, 0.05) is 15.5 Å². The molecular weight excluding hydrogens is 329 g/mol. The predicted octanol–water partition coefficient (Wildman–Crippen LogP) is 3.33. The van der Waals surface area contributed by atoms with E-state index in [2.05, 4.69) is 38.2 Å². The van der Waals surface area contributed by atoms with E-state index in [4.69, 9.17) is 0 Å². The van der Waals surface area contributed by atoms with Gasteiger partial charge in [0.1, 0.15) is 0 Å². The van der Waals surface area contributed by atoms with Gasteiger partial charge in [-0.3, -0.25) is 4.98 Å². The van der Waals surface area contributed by atoms with E-state index in [0.717, 1.165) is 9.26 Å². The summed E-state index contributed by atoms with van der Waals surface area (Å²) in [6, 6.07) is 10.8. The van der Waals surface area contributed by atoms with E-state index in [1.165, 1.54) is 0 Å². The number of aromatic nitrogens is 1. The average Bonchev–Trinajstić information content (AvgIpc) is 2.33. The number of pyridine rings is 1. The number of benzene rings is 1. The highest BCUT2D eigenvalue weighted by Gasteiger charge is 2.01. The predicted molar refractivity (Wildman–Crippen MR) is 76.0 cm³/mol. The van der Waals surface area contributed by atoms with Crippen molar-refractivity contribution in [3.05, 3.63) is 52.4 Å². The standard InChI is InChI=1S/C12H10IN3O/c13-9-3-5-10(6-4-9)15-12(17)16-11-2-1-7-14-8-11/h1-8H,(H2,15,16,17). The van der Waals surface area contributed by atoms with Gasteiger partial charge in [0.25, 0.3) is 0 Å². The fourth-order valence-corrected chi connectivity index (χ4v) is 1.62. The highest BCUT2D eigenvalue weighted by atomic mass is 127.